The lowest BCUT2D eigenvalue weighted by Gasteiger charge is -2.22. The number of nitrogens with zero attached hydrogens (tertiary/aromatic N) is 3. The molecule has 0 saturated carbocycles. The number of hydrogen-bond acceptors (Lipinski definition) is 6. The zero-order valence-corrected chi connectivity index (χ0v) is 15.4. The Kier molecular flexibility index (Phi) is 4.69. The largest absolute Gasteiger partial charge is 0.504 e. The monoisotopic (exact) mass is 373 g/mol. The highest BCUT2D eigenvalue weighted by Crippen LogP contribution is 2.29. The molecule has 1 aliphatic rings. The second-order valence-corrected chi connectivity index (χ2v) is 7.57. The molecule has 3 rings (SSSR count). The molecule has 0 amide bonds. The molecule has 1 aliphatic heterocycles. The molecule has 0 fully saturated rings. The van der Waals surface area contributed by atoms with Gasteiger partial charge in [0.05, 0.1) is 13.3 Å². The van der Waals surface area contributed by atoms with Gasteiger partial charge in [0.25, 0.3) is 10.0 Å². The SMILES string of the molecule is COc1cc(/C=N/N(C2=NS(=O)(=O)c3ccccc32)C(C)C)ccc1O. The number of phenolic OH excluding ortho intramolecular Hbond substituents is 1. The minimum atomic E-state index is -3.71. The average Bonchev–Trinajstić information content (AvgIpc) is 2.88. The van der Waals surface area contributed by atoms with Gasteiger partial charge in [-0.2, -0.15) is 13.5 Å². The summed E-state index contributed by atoms with van der Waals surface area (Å²) in [6.07, 6.45) is 1.57. The van der Waals surface area contributed by atoms with Gasteiger partial charge in [0, 0.05) is 11.6 Å². The minimum Gasteiger partial charge on any atom is -0.504 e. The van der Waals surface area contributed by atoms with E-state index in [1.54, 1.807) is 41.6 Å². The average molecular weight is 373 g/mol. The van der Waals surface area contributed by atoms with Crippen LogP contribution in [0, 0.1) is 0 Å². The summed E-state index contributed by atoms with van der Waals surface area (Å²) in [6, 6.07) is 11.4. The van der Waals surface area contributed by atoms with Gasteiger partial charge in [-0.3, -0.25) is 0 Å². The standard InChI is InChI=1S/C18H19N3O4S/c1-12(2)21(19-11-13-8-9-15(22)16(10-13)25-3)18-14-6-4-5-7-17(14)26(23,24)20-18/h4-12,22H,1-3H3/b19-11+. The van der Waals surface area contributed by atoms with Crippen molar-refractivity contribution in [3.63, 3.8) is 0 Å². The summed E-state index contributed by atoms with van der Waals surface area (Å²) < 4.78 is 33.5. The van der Waals surface area contributed by atoms with Gasteiger partial charge in [0.1, 0.15) is 4.90 Å². The van der Waals surface area contributed by atoms with Crippen LogP contribution in [0.25, 0.3) is 0 Å². The van der Waals surface area contributed by atoms with E-state index in [0.717, 1.165) is 0 Å². The van der Waals surface area contributed by atoms with Crippen LogP contribution in [0.5, 0.6) is 11.5 Å². The second kappa shape index (κ2) is 6.80. The van der Waals surface area contributed by atoms with Crippen molar-refractivity contribution in [2.24, 2.45) is 9.50 Å². The molecule has 26 heavy (non-hydrogen) atoms. The fourth-order valence-electron chi connectivity index (χ4n) is 2.59. The van der Waals surface area contributed by atoms with Crippen molar-refractivity contribution in [2.45, 2.75) is 24.8 Å². The Bertz CT molecular complexity index is 997. The van der Waals surface area contributed by atoms with Crippen LogP contribution in [0.15, 0.2) is 56.9 Å². The number of benzene rings is 2. The zero-order valence-electron chi connectivity index (χ0n) is 14.6. The molecule has 0 aromatic heterocycles. The maximum absolute atomic E-state index is 12.3. The molecule has 7 nitrogen and oxygen atoms in total. The van der Waals surface area contributed by atoms with Crippen molar-refractivity contribution in [1.29, 1.82) is 0 Å². The molecule has 136 valence electrons. The zero-order chi connectivity index (χ0) is 18.9. The molecule has 1 heterocycles. The molecule has 1 N–H and O–H groups in total. The first-order valence-electron chi connectivity index (χ1n) is 7.98. The maximum atomic E-state index is 12.3. The molecule has 0 radical (unpaired) electrons. The summed E-state index contributed by atoms with van der Waals surface area (Å²) in [5.41, 5.74) is 1.22. The van der Waals surface area contributed by atoms with Crippen LogP contribution in [0.2, 0.25) is 0 Å². The lowest BCUT2D eigenvalue weighted by molar-refractivity contribution is 0.370. The van der Waals surface area contributed by atoms with E-state index in [1.165, 1.54) is 19.2 Å². The lowest BCUT2D eigenvalue weighted by atomic mass is 10.2. The number of hydrazone groups is 1. The highest BCUT2D eigenvalue weighted by molar-refractivity contribution is 7.90. The summed E-state index contributed by atoms with van der Waals surface area (Å²) in [6.45, 7) is 3.79. The molecule has 8 heteroatoms. The molecule has 0 aliphatic carbocycles. The Morgan fingerprint density at radius 2 is 1.96 bits per heavy atom. The molecular formula is C18H19N3O4S. The summed E-state index contributed by atoms with van der Waals surface area (Å²) in [4.78, 5) is 0.183. The van der Waals surface area contributed by atoms with E-state index in [1.807, 2.05) is 13.8 Å². The van der Waals surface area contributed by atoms with Gasteiger partial charge >= 0.3 is 0 Å². The Hall–Kier alpha value is -2.87. The first kappa shape index (κ1) is 17.9. The van der Waals surface area contributed by atoms with E-state index < -0.39 is 10.0 Å². The first-order valence-corrected chi connectivity index (χ1v) is 9.42. The smallest absolute Gasteiger partial charge is 0.285 e. The van der Waals surface area contributed by atoms with Crippen molar-refractivity contribution in [1.82, 2.24) is 5.01 Å². The van der Waals surface area contributed by atoms with Gasteiger partial charge in [-0.15, -0.1) is 4.40 Å². The van der Waals surface area contributed by atoms with Crippen LogP contribution in [-0.2, 0) is 10.0 Å². The predicted molar refractivity (Wildman–Crippen MR) is 99.4 cm³/mol. The van der Waals surface area contributed by atoms with Crippen LogP contribution in [0.1, 0.15) is 25.0 Å². The van der Waals surface area contributed by atoms with Crippen LogP contribution in [0.4, 0.5) is 0 Å². The number of methoxy groups -OCH3 is 1. The number of aromatic hydroxyl groups is 1. The Labute approximate surface area is 152 Å². The predicted octanol–water partition coefficient (Wildman–Crippen LogP) is 2.59. The van der Waals surface area contributed by atoms with E-state index in [4.69, 9.17) is 4.74 Å². The first-order chi connectivity index (χ1) is 12.3. The maximum Gasteiger partial charge on any atom is 0.285 e. The Balaban J connectivity index is 1.99. The molecule has 0 bridgehead atoms. The molecule has 2 aromatic rings. The summed E-state index contributed by atoms with van der Waals surface area (Å²) in [5.74, 6) is 0.652. The highest BCUT2D eigenvalue weighted by atomic mass is 32.2. The third-order valence-electron chi connectivity index (χ3n) is 3.85. The van der Waals surface area contributed by atoms with E-state index in [2.05, 4.69) is 9.50 Å². The van der Waals surface area contributed by atoms with Crippen molar-refractivity contribution < 1.29 is 18.3 Å². The third-order valence-corrected chi connectivity index (χ3v) is 5.18. The highest BCUT2D eigenvalue weighted by Gasteiger charge is 2.32. The third kappa shape index (κ3) is 3.28. The van der Waals surface area contributed by atoms with Crippen LogP contribution in [0.3, 0.4) is 0 Å². The Morgan fingerprint density at radius 1 is 1.23 bits per heavy atom. The van der Waals surface area contributed by atoms with Crippen molar-refractivity contribution in [3.8, 4) is 11.5 Å². The van der Waals surface area contributed by atoms with E-state index >= 15 is 0 Å². The number of hydrogen-bond donors (Lipinski definition) is 1. The molecule has 0 unspecified atom stereocenters. The van der Waals surface area contributed by atoms with Crippen LogP contribution >= 0.6 is 0 Å². The Morgan fingerprint density at radius 3 is 2.65 bits per heavy atom. The van der Waals surface area contributed by atoms with Crippen LogP contribution < -0.4 is 4.74 Å². The van der Waals surface area contributed by atoms with Crippen molar-refractivity contribution in [3.05, 3.63) is 53.6 Å². The summed E-state index contributed by atoms with van der Waals surface area (Å²) >= 11 is 0. The number of rotatable bonds is 4. The fourth-order valence-corrected chi connectivity index (χ4v) is 3.79. The van der Waals surface area contributed by atoms with Gasteiger partial charge in [-0.05, 0) is 49.7 Å². The molecule has 0 atom stereocenters. The van der Waals surface area contributed by atoms with Crippen molar-refractivity contribution in [2.75, 3.05) is 7.11 Å². The van der Waals surface area contributed by atoms with E-state index in [9.17, 15) is 13.5 Å². The number of phenols is 1. The van der Waals surface area contributed by atoms with E-state index in [-0.39, 0.29) is 22.5 Å². The quantitative estimate of drug-likeness (QED) is 0.657. The topological polar surface area (TPSA) is 91.6 Å². The van der Waals surface area contributed by atoms with Crippen LogP contribution in [-0.4, -0.2) is 43.7 Å². The second-order valence-electron chi connectivity index (χ2n) is 6.00. The van der Waals surface area contributed by atoms with Gasteiger partial charge in [-0.25, -0.2) is 5.01 Å². The number of ether oxygens (including phenoxy) is 1. The summed E-state index contributed by atoms with van der Waals surface area (Å²) in [7, 11) is -2.25. The number of fused-ring (bicyclic) bond motifs is 1. The van der Waals surface area contributed by atoms with Gasteiger partial charge in [0.15, 0.2) is 17.3 Å². The lowest BCUT2D eigenvalue weighted by Crippen LogP contribution is -2.32. The molecule has 2 aromatic carbocycles. The van der Waals surface area contributed by atoms with Gasteiger partial charge in [0.2, 0.25) is 0 Å². The minimum absolute atomic E-state index is 0.0329. The number of amidine groups is 1. The number of sulfonamides is 1. The van der Waals surface area contributed by atoms with E-state index in [0.29, 0.717) is 16.9 Å². The fraction of sp³-hybridized carbons (Fsp3) is 0.222. The van der Waals surface area contributed by atoms with Gasteiger partial charge < -0.3 is 9.84 Å². The summed E-state index contributed by atoms with van der Waals surface area (Å²) in [5, 5.41) is 15.7. The van der Waals surface area contributed by atoms with Crippen molar-refractivity contribution >= 4 is 22.1 Å². The molecule has 0 saturated heterocycles. The molecule has 0 spiro atoms. The normalized spacial score (nSPS) is 15.2. The molecular weight excluding hydrogens is 354 g/mol. The van der Waals surface area contributed by atoms with Gasteiger partial charge in [-0.1, -0.05) is 12.1 Å².